The Morgan fingerprint density at radius 2 is 2.27 bits per heavy atom. The van der Waals surface area contributed by atoms with E-state index in [1.165, 1.54) is 6.42 Å². The van der Waals surface area contributed by atoms with Crippen LogP contribution in [0.1, 0.15) is 25.5 Å². The van der Waals surface area contributed by atoms with Gasteiger partial charge in [0.05, 0.1) is 12.3 Å². The van der Waals surface area contributed by atoms with Gasteiger partial charge in [-0.1, -0.05) is 18.6 Å². The number of nitrogens with zero attached hydrogens (tertiary/aromatic N) is 4. The summed E-state index contributed by atoms with van der Waals surface area (Å²) in [5.74, 6) is 0. The SMILES string of the molecule is CCCCN(CCO)Cc1cn(C)nn1. The molecular formula is C10H20N4O. The highest BCUT2D eigenvalue weighted by atomic mass is 16.3. The minimum absolute atomic E-state index is 0.198. The van der Waals surface area contributed by atoms with E-state index in [9.17, 15) is 0 Å². The Kier molecular flexibility index (Phi) is 5.28. The summed E-state index contributed by atoms with van der Waals surface area (Å²) in [4.78, 5) is 2.20. The predicted octanol–water partition coefficient (Wildman–Crippen LogP) is 0.409. The predicted molar refractivity (Wildman–Crippen MR) is 58.3 cm³/mol. The minimum atomic E-state index is 0.198. The number of unbranched alkanes of at least 4 members (excludes halogenated alkanes) is 1. The van der Waals surface area contributed by atoms with Gasteiger partial charge in [0, 0.05) is 26.3 Å². The molecule has 0 saturated heterocycles. The molecule has 0 atom stereocenters. The molecule has 0 bridgehead atoms. The molecule has 0 amide bonds. The molecule has 1 aromatic rings. The van der Waals surface area contributed by atoms with Crippen LogP contribution in [-0.2, 0) is 13.6 Å². The highest BCUT2D eigenvalue weighted by molar-refractivity contribution is 4.91. The molecule has 1 N–H and O–H groups in total. The van der Waals surface area contributed by atoms with Crippen LogP contribution in [0, 0.1) is 0 Å². The number of aliphatic hydroxyl groups excluding tert-OH is 1. The number of aryl methyl sites for hydroxylation is 1. The summed E-state index contributed by atoms with van der Waals surface area (Å²) in [7, 11) is 1.86. The van der Waals surface area contributed by atoms with Gasteiger partial charge in [0.15, 0.2) is 0 Å². The largest absolute Gasteiger partial charge is 0.395 e. The summed E-state index contributed by atoms with van der Waals surface area (Å²) in [6.45, 7) is 4.85. The van der Waals surface area contributed by atoms with Gasteiger partial charge in [0.1, 0.15) is 0 Å². The molecule has 0 aliphatic carbocycles. The van der Waals surface area contributed by atoms with Crippen LogP contribution >= 0.6 is 0 Å². The van der Waals surface area contributed by atoms with E-state index in [1.807, 2.05) is 13.2 Å². The lowest BCUT2D eigenvalue weighted by molar-refractivity contribution is 0.187. The van der Waals surface area contributed by atoms with E-state index < -0.39 is 0 Å². The number of hydrogen-bond acceptors (Lipinski definition) is 4. The molecule has 1 heterocycles. The zero-order chi connectivity index (χ0) is 11.1. The Labute approximate surface area is 90.7 Å². The fourth-order valence-corrected chi connectivity index (χ4v) is 1.49. The van der Waals surface area contributed by atoms with E-state index >= 15 is 0 Å². The Bertz CT molecular complexity index is 274. The molecule has 5 heteroatoms. The fraction of sp³-hybridized carbons (Fsp3) is 0.800. The first kappa shape index (κ1) is 12.1. The lowest BCUT2D eigenvalue weighted by Crippen LogP contribution is -2.27. The van der Waals surface area contributed by atoms with Crippen molar-refractivity contribution < 1.29 is 5.11 Å². The van der Waals surface area contributed by atoms with Gasteiger partial charge in [-0.2, -0.15) is 0 Å². The standard InChI is InChI=1S/C10H20N4O/c1-3-4-5-14(6-7-15)9-10-8-13(2)12-11-10/h8,15H,3-7,9H2,1-2H3. The Hall–Kier alpha value is -0.940. The summed E-state index contributed by atoms with van der Waals surface area (Å²) >= 11 is 0. The second kappa shape index (κ2) is 6.53. The van der Waals surface area contributed by atoms with Gasteiger partial charge in [-0.3, -0.25) is 9.58 Å². The summed E-state index contributed by atoms with van der Waals surface area (Å²) in [6.07, 6.45) is 4.24. The van der Waals surface area contributed by atoms with E-state index in [1.54, 1.807) is 4.68 Å². The second-order valence-electron chi connectivity index (χ2n) is 3.74. The normalized spacial score (nSPS) is 11.2. The van der Waals surface area contributed by atoms with Crippen molar-refractivity contribution in [2.75, 3.05) is 19.7 Å². The Morgan fingerprint density at radius 3 is 2.80 bits per heavy atom. The minimum Gasteiger partial charge on any atom is -0.395 e. The van der Waals surface area contributed by atoms with Crippen LogP contribution in [0.5, 0.6) is 0 Å². The third-order valence-electron chi connectivity index (χ3n) is 2.28. The number of aliphatic hydroxyl groups is 1. The van der Waals surface area contributed by atoms with Crippen LogP contribution in [0.15, 0.2) is 6.20 Å². The number of aromatic nitrogens is 3. The molecule has 0 aromatic carbocycles. The molecular weight excluding hydrogens is 192 g/mol. The zero-order valence-corrected chi connectivity index (χ0v) is 9.56. The lowest BCUT2D eigenvalue weighted by Gasteiger charge is -2.19. The molecule has 1 aromatic heterocycles. The van der Waals surface area contributed by atoms with Crippen molar-refractivity contribution in [3.8, 4) is 0 Å². The van der Waals surface area contributed by atoms with Crippen LogP contribution in [0.4, 0.5) is 0 Å². The topological polar surface area (TPSA) is 54.2 Å². The molecule has 5 nitrogen and oxygen atoms in total. The molecule has 0 unspecified atom stereocenters. The van der Waals surface area contributed by atoms with E-state index in [0.29, 0.717) is 6.54 Å². The second-order valence-corrected chi connectivity index (χ2v) is 3.74. The van der Waals surface area contributed by atoms with Gasteiger partial charge in [0.25, 0.3) is 0 Å². The molecule has 1 rings (SSSR count). The third-order valence-corrected chi connectivity index (χ3v) is 2.28. The van der Waals surface area contributed by atoms with Crippen molar-refractivity contribution >= 4 is 0 Å². The summed E-state index contributed by atoms with van der Waals surface area (Å²) in [5.41, 5.74) is 0.960. The maximum atomic E-state index is 8.94. The number of rotatable bonds is 7. The first-order chi connectivity index (χ1) is 7.26. The first-order valence-electron chi connectivity index (χ1n) is 5.44. The van der Waals surface area contributed by atoms with E-state index in [-0.39, 0.29) is 6.61 Å². The van der Waals surface area contributed by atoms with Gasteiger partial charge >= 0.3 is 0 Å². The molecule has 0 spiro atoms. The molecule has 0 fully saturated rings. The first-order valence-corrected chi connectivity index (χ1v) is 5.44. The van der Waals surface area contributed by atoms with Crippen molar-refractivity contribution in [3.63, 3.8) is 0 Å². The van der Waals surface area contributed by atoms with Crippen LogP contribution in [0.3, 0.4) is 0 Å². The maximum absolute atomic E-state index is 8.94. The summed E-state index contributed by atoms with van der Waals surface area (Å²) in [5, 5.41) is 16.9. The summed E-state index contributed by atoms with van der Waals surface area (Å²) < 4.78 is 1.70. The van der Waals surface area contributed by atoms with Gasteiger partial charge in [0.2, 0.25) is 0 Å². The van der Waals surface area contributed by atoms with Gasteiger partial charge in [-0.05, 0) is 13.0 Å². The van der Waals surface area contributed by atoms with Crippen LogP contribution in [-0.4, -0.2) is 44.7 Å². The van der Waals surface area contributed by atoms with Crippen molar-refractivity contribution in [1.82, 2.24) is 19.9 Å². The van der Waals surface area contributed by atoms with Gasteiger partial charge < -0.3 is 5.11 Å². The monoisotopic (exact) mass is 212 g/mol. The fourth-order valence-electron chi connectivity index (χ4n) is 1.49. The highest BCUT2D eigenvalue weighted by Gasteiger charge is 2.07. The average molecular weight is 212 g/mol. The van der Waals surface area contributed by atoms with Gasteiger partial charge in [-0.25, -0.2) is 0 Å². The Morgan fingerprint density at radius 1 is 1.47 bits per heavy atom. The quantitative estimate of drug-likeness (QED) is 0.711. The van der Waals surface area contributed by atoms with Crippen molar-refractivity contribution in [2.24, 2.45) is 7.05 Å². The number of hydrogen-bond donors (Lipinski definition) is 1. The highest BCUT2D eigenvalue weighted by Crippen LogP contribution is 2.02. The molecule has 0 radical (unpaired) electrons. The van der Waals surface area contributed by atoms with Gasteiger partial charge in [-0.15, -0.1) is 5.10 Å². The molecule has 86 valence electrons. The van der Waals surface area contributed by atoms with Crippen LogP contribution in [0.25, 0.3) is 0 Å². The smallest absolute Gasteiger partial charge is 0.0967 e. The average Bonchev–Trinajstić information content (AvgIpc) is 2.61. The van der Waals surface area contributed by atoms with Crippen LogP contribution < -0.4 is 0 Å². The van der Waals surface area contributed by atoms with E-state index in [4.69, 9.17) is 5.11 Å². The van der Waals surface area contributed by atoms with Crippen LogP contribution in [0.2, 0.25) is 0 Å². The van der Waals surface area contributed by atoms with Crippen molar-refractivity contribution in [2.45, 2.75) is 26.3 Å². The lowest BCUT2D eigenvalue weighted by atomic mass is 10.3. The molecule has 0 saturated carbocycles. The van der Waals surface area contributed by atoms with Crippen molar-refractivity contribution in [1.29, 1.82) is 0 Å². The van der Waals surface area contributed by atoms with Crippen molar-refractivity contribution in [3.05, 3.63) is 11.9 Å². The van der Waals surface area contributed by atoms with E-state index in [0.717, 1.165) is 25.2 Å². The zero-order valence-electron chi connectivity index (χ0n) is 9.56. The van der Waals surface area contributed by atoms with E-state index in [2.05, 4.69) is 22.1 Å². The molecule has 15 heavy (non-hydrogen) atoms. The Balaban J connectivity index is 2.42. The third kappa shape index (κ3) is 4.40. The maximum Gasteiger partial charge on any atom is 0.0967 e. The summed E-state index contributed by atoms with van der Waals surface area (Å²) in [6, 6.07) is 0. The molecule has 0 aliphatic rings. The molecule has 0 aliphatic heterocycles.